The van der Waals surface area contributed by atoms with E-state index in [2.05, 4.69) is 36.3 Å². The minimum Gasteiger partial charge on any atom is -0.312 e. The third kappa shape index (κ3) is 3.98. The van der Waals surface area contributed by atoms with Crippen molar-refractivity contribution in [3.05, 3.63) is 34.9 Å². The first kappa shape index (κ1) is 13.9. The van der Waals surface area contributed by atoms with Crippen LogP contribution in [0.2, 0.25) is 5.02 Å². The lowest BCUT2D eigenvalue weighted by Gasteiger charge is -2.33. The summed E-state index contributed by atoms with van der Waals surface area (Å²) in [7, 11) is 2.18. The van der Waals surface area contributed by atoms with Crippen molar-refractivity contribution in [2.75, 3.05) is 20.1 Å². The molecule has 0 saturated carbocycles. The maximum absolute atomic E-state index is 6.01. The van der Waals surface area contributed by atoms with E-state index in [0.29, 0.717) is 6.04 Å². The first-order valence-electron chi connectivity index (χ1n) is 6.81. The summed E-state index contributed by atoms with van der Waals surface area (Å²) < 4.78 is 0. The summed E-state index contributed by atoms with van der Waals surface area (Å²) >= 11 is 6.01. The van der Waals surface area contributed by atoms with E-state index in [1.165, 1.54) is 24.9 Å². The molecule has 2 rings (SSSR count). The third-order valence-corrected chi connectivity index (χ3v) is 4.01. The fraction of sp³-hybridized carbons (Fsp3) is 0.600. The molecule has 1 N–H and O–H groups in total. The van der Waals surface area contributed by atoms with Crippen molar-refractivity contribution in [2.45, 2.75) is 32.4 Å². The summed E-state index contributed by atoms with van der Waals surface area (Å²) in [5.74, 6) is 0.778. The van der Waals surface area contributed by atoms with Crippen LogP contribution in [0.4, 0.5) is 0 Å². The second-order valence-electron chi connectivity index (χ2n) is 5.51. The van der Waals surface area contributed by atoms with E-state index in [9.17, 15) is 0 Å². The van der Waals surface area contributed by atoms with Crippen LogP contribution in [0.3, 0.4) is 0 Å². The normalized spacial score (nSPS) is 24.4. The Morgan fingerprint density at radius 2 is 2.28 bits per heavy atom. The predicted molar refractivity (Wildman–Crippen MR) is 78.0 cm³/mol. The van der Waals surface area contributed by atoms with Gasteiger partial charge in [-0.05, 0) is 50.0 Å². The van der Waals surface area contributed by atoms with Gasteiger partial charge < -0.3 is 10.2 Å². The molecule has 0 aromatic heterocycles. The fourth-order valence-corrected chi connectivity index (χ4v) is 2.92. The molecule has 1 aliphatic heterocycles. The van der Waals surface area contributed by atoms with Crippen molar-refractivity contribution in [3.63, 3.8) is 0 Å². The van der Waals surface area contributed by atoms with Crippen LogP contribution in [0.25, 0.3) is 0 Å². The van der Waals surface area contributed by atoms with Crippen molar-refractivity contribution < 1.29 is 0 Å². The Kier molecular flexibility index (Phi) is 5.04. The third-order valence-electron chi connectivity index (χ3n) is 3.78. The molecule has 1 saturated heterocycles. The number of nitrogens with zero attached hydrogens (tertiary/aromatic N) is 1. The average molecular weight is 267 g/mol. The van der Waals surface area contributed by atoms with Crippen molar-refractivity contribution in [1.29, 1.82) is 0 Å². The summed E-state index contributed by atoms with van der Waals surface area (Å²) in [6.45, 7) is 5.59. The van der Waals surface area contributed by atoms with E-state index < -0.39 is 0 Å². The van der Waals surface area contributed by atoms with Crippen LogP contribution in [0.5, 0.6) is 0 Å². The van der Waals surface area contributed by atoms with Gasteiger partial charge in [-0.1, -0.05) is 30.7 Å². The van der Waals surface area contributed by atoms with Gasteiger partial charge in [-0.2, -0.15) is 0 Å². The quantitative estimate of drug-likeness (QED) is 0.901. The summed E-state index contributed by atoms with van der Waals surface area (Å²) in [5.41, 5.74) is 1.29. The zero-order valence-corrected chi connectivity index (χ0v) is 12.1. The molecule has 2 atom stereocenters. The first-order chi connectivity index (χ1) is 8.65. The average Bonchev–Trinajstić information content (AvgIpc) is 2.32. The van der Waals surface area contributed by atoms with Crippen molar-refractivity contribution in [3.8, 4) is 0 Å². The SMILES string of the molecule is CC1CCCNC1CN(C)Cc1cccc(Cl)c1. The zero-order chi connectivity index (χ0) is 13.0. The largest absolute Gasteiger partial charge is 0.312 e. The second-order valence-corrected chi connectivity index (χ2v) is 5.94. The number of benzene rings is 1. The Morgan fingerprint density at radius 3 is 3.00 bits per heavy atom. The van der Waals surface area contributed by atoms with Gasteiger partial charge >= 0.3 is 0 Å². The molecule has 1 aromatic carbocycles. The Labute approximate surface area is 115 Å². The molecule has 0 bridgehead atoms. The maximum Gasteiger partial charge on any atom is 0.0409 e. The van der Waals surface area contributed by atoms with Gasteiger partial charge in [0.05, 0.1) is 0 Å². The Hall–Kier alpha value is -0.570. The summed E-state index contributed by atoms with van der Waals surface area (Å²) in [6.07, 6.45) is 2.67. The molecular formula is C15H23ClN2. The Bertz CT molecular complexity index is 381. The molecular weight excluding hydrogens is 244 g/mol. The van der Waals surface area contributed by atoms with Crippen molar-refractivity contribution >= 4 is 11.6 Å². The molecule has 1 aliphatic rings. The van der Waals surface area contributed by atoms with Gasteiger partial charge in [0.1, 0.15) is 0 Å². The molecule has 0 amide bonds. The molecule has 0 spiro atoms. The minimum atomic E-state index is 0.628. The van der Waals surface area contributed by atoms with Crippen molar-refractivity contribution in [1.82, 2.24) is 10.2 Å². The van der Waals surface area contributed by atoms with E-state index in [1.54, 1.807) is 0 Å². The molecule has 1 heterocycles. The van der Waals surface area contributed by atoms with E-state index in [0.717, 1.165) is 24.0 Å². The zero-order valence-electron chi connectivity index (χ0n) is 11.3. The molecule has 2 nitrogen and oxygen atoms in total. The second kappa shape index (κ2) is 6.55. The van der Waals surface area contributed by atoms with Gasteiger partial charge in [0.15, 0.2) is 0 Å². The lowest BCUT2D eigenvalue weighted by molar-refractivity contribution is 0.212. The number of piperidine rings is 1. The standard InChI is InChI=1S/C15H23ClN2/c1-12-5-4-8-17-15(12)11-18(2)10-13-6-3-7-14(16)9-13/h3,6-7,9,12,15,17H,4-5,8,10-11H2,1-2H3. The molecule has 0 aliphatic carbocycles. The van der Waals surface area contributed by atoms with Gasteiger partial charge in [0, 0.05) is 24.2 Å². The van der Waals surface area contributed by atoms with Crippen LogP contribution in [-0.4, -0.2) is 31.1 Å². The highest BCUT2D eigenvalue weighted by Crippen LogP contribution is 2.17. The summed E-state index contributed by atoms with van der Waals surface area (Å²) in [5, 5.41) is 4.45. The number of rotatable bonds is 4. The summed E-state index contributed by atoms with van der Waals surface area (Å²) in [4.78, 5) is 2.38. The fourth-order valence-electron chi connectivity index (χ4n) is 2.71. The van der Waals surface area contributed by atoms with Crippen LogP contribution in [0, 0.1) is 5.92 Å². The van der Waals surface area contributed by atoms with Gasteiger partial charge in [-0.25, -0.2) is 0 Å². The first-order valence-corrected chi connectivity index (χ1v) is 7.19. The van der Waals surface area contributed by atoms with Crippen LogP contribution in [0.15, 0.2) is 24.3 Å². The highest BCUT2D eigenvalue weighted by Gasteiger charge is 2.21. The maximum atomic E-state index is 6.01. The lowest BCUT2D eigenvalue weighted by atomic mass is 9.92. The van der Waals surface area contributed by atoms with Crippen LogP contribution < -0.4 is 5.32 Å². The highest BCUT2D eigenvalue weighted by atomic mass is 35.5. The van der Waals surface area contributed by atoms with Gasteiger partial charge in [0.2, 0.25) is 0 Å². The molecule has 0 radical (unpaired) electrons. The van der Waals surface area contributed by atoms with Crippen LogP contribution in [-0.2, 0) is 6.54 Å². The number of likely N-dealkylation sites (N-methyl/N-ethyl adjacent to an activating group) is 1. The van der Waals surface area contributed by atoms with Gasteiger partial charge in [0.25, 0.3) is 0 Å². The Balaban J connectivity index is 1.86. The minimum absolute atomic E-state index is 0.628. The number of hydrogen-bond acceptors (Lipinski definition) is 2. The summed E-state index contributed by atoms with van der Waals surface area (Å²) in [6, 6.07) is 8.77. The number of nitrogens with one attached hydrogen (secondary N) is 1. The molecule has 18 heavy (non-hydrogen) atoms. The highest BCUT2D eigenvalue weighted by molar-refractivity contribution is 6.30. The molecule has 2 unspecified atom stereocenters. The van der Waals surface area contributed by atoms with Crippen LogP contribution >= 0.6 is 11.6 Å². The van der Waals surface area contributed by atoms with E-state index in [4.69, 9.17) is 11.6 Å². The molecule has 1 fully saturated rings. The molecule has 100 valence electrons. The van der Waals surface area contributed by atoms with Gasteiger partial charge in [-0.15, -0.1) is 0 Å². The molecule has 1 aromatic rings. The predicted octanol–water partition coefficient (Wildman–Crippen LogP) is 3.16. The van der Waals surface area contributed by atoms with E-state index in [1.807, 2.05) is 12.1 Å². The van der Waals surface area contributed by atoms with E-state index >= 15 is 0 Å². The lowest BCUT2D eigenvalue weighted by Crippen LogP contribution is -2.46. The monoisotopic (exact) mass is 266 g/mol. The number of halogens is 1. The Morgan fingerprint density at radius 1 is 1.44 bits per heavy atom. The van der Waals surface area contributed by atoms with E-state index in [-0.39, 0.29) is 0 Å². The van der Waals surface area contributed by atoms with Crippen molar-refractivity contribution in [2.24, 2.45) is 5.92 Å². The topological polar surface area (TPSA) is 15.3 Å². The smallest absolute Gasteiger partial charge is 0.0409 e. The van der Waals surface area contributed by atoms with Gasteiger partial charge in [-0.3, -0.25) is 0 Å². The van der Waals surface area contributed by atoms with Crippen LogP contribution in [0.1, 0.15) is 25.3 Å². The number of hydrogen-bond donors (Lipinski definition) is 1. The molecule has 3 heteroatoms.